The molecule has 2 aliphatic rings. The Bertz CT molecular complexity index is 363. The fourth-order valence-electron chi connectivity index (χ4n) is 2.98. The second kappa shape index (κ2) is 3.07. The average Bonchev–Trinajstić information content (AvgIpc) is 2.43. The second-order valence-corrected chi connectivity index (χ2v) is 5.45. The molecule has 1 heterocycles. The molecule has 0 bridgehead atoms. The molecule has 1 aliphatic heterocycles. The van der Waals surface area contributed by atoms with Crippen LogP contribution in [0.2, 0.25) is 0 Å². The van der Waals surface area contributed by atoms with Crippen molar-refractivity contribution in [1.82, 2.24) is 5.32 Å². The Labute approximate surface area is 93.0 Å². The standard InChI is InChI=1S/C12H14BrN/c13-11-3-1-2-9(6-11)12-5-4-10(12)7-14-8-12/h1-3,6,10,14H,4-5,7-8H2. The van der Waals surface area contributed by atoms with Gasteiger partial charge in [-0.25, -0.2) is 0 Å². The maximum Gasteiger partial charge on any atom is 0.0178 e. The van der Waals surface area contributed by atoms with Gasteiger partial charge in [0.05, 0.1) is 0 Å². The smallest absolute Gasteiger partial charge is 0.0178 e. The Morgan fingerprint density at radius 3 is 3.00 bits per heavy atom. The summed E-state index contributed by atoms with van der Waals surface area (Å²) < 4.78 is 1.21. The van der Waals surface area contributed by atoms with Gasteiger partial charge in [-0.3, -0.25) is 0 Å². The molecule has 2 atom stereocenters. The fraction of sp³-hybridized carbons (Fsp3) is 0.500. The summed E-state index contributed by atoms with van der Waals surface area (Å²) in [7, 11) is 0. The molecule has 2 unspecified atom stereocenters. The summed E-state index contributed by atoms with van der Waals surface area (Å²) in [5, 5.41) is 3.53. The van der Waals surface area contributed by atoms with Crippen LogP contribution in [0.5, 0.6) is 0 Å². The van der Waals surface area contributed by atoms with Gasteiger partial charge < -0.3 is 5.32 Å². The first-order chi connectivity index (χ1) is 6.81. The molecule has 1 aliphatic carbocycles. The van der Waals surface area contributed by atoms with Crippen LogP contribution in [-0.4, -0.2) is 13.1 Å². The lowest BCUT2D eigenvalue weighted by Gasteiger charge is -2.44. The number of benzene rings is 1. The predicted molar refractivity (Wildman–Crippen MR) is 61.4 cm³/mol. The Morgan fingerprint density at radius 2 is 2.36 bits per heavy atom. The van der Waals surface area contributed by atoms with Gasteiger partial charge in [-0.1, -0.05) is 28.1 Å². The van der Waals surface area contributed by atoms with Crippen LogP contribution in [-0.2, 0) is 5.41 Å². The molecule has 3 rings (SSSR count). The zero-order chi connectivity index (χ0) is 9.60. The molecule has 74 valence electrons. The molecule has 14 heavy (non-hydrogen) atoms. The summed E-state index contributed by atoms with van der Waals surface area (Å²) in [5.41, 5.74) is 2.00. The normalized spacial score (nSPS) is 35.1. The highest BCUT2D eigenvalue weighted by Gasteiger charge is 2.50. The Morgan fingerprint density at radius 1 is 1.43 bits per heavy atom. The van der Waals surface area contributed by atoms with Crippen LogP contribution >= 0.6 is 15.9 Å². The summed E-state index contributed by atoms with van der Waals surface area (Å²) in [5.74, 6) is 0.886. The van der Waals surface area contributed by atoms with Crippen LogP contribution in [0.3, 0.4) is 0 Å². The van der Waals surface area contributed by atoms with Crippen LogP contribution in [0.1, 0.15) is 18.4 Å². The van der Waals surface area contributed by atoms with E-state index in [0.29, 0.717) is 5.41 Å². The maximum absolute atomic E-state index is 3.56. The quantitative estimate of drug-likeness (QED) is 0.810. The van der Waals surface area contributed by atoms with E-state index in [4.69, 9.17) is 0 Å². The molecule has 1 nitrogen and oxygen atoms in total. The predicted octanol–water partition coefficient (Wildman–Crippen LogP) is 2.70. The van der Waals surface area contributed by atoms with Crippen LogP contribution in [0, 0.1) is 5.92 Å². The average molecular weight is 252 g/mol. The number of fused-ring (bicyclic) bond motifs is 1. The molecule has 0 spiro atoms. The van der Waals surface area contributed by atoms with Gasteiger partial charge in [0, 0.05) is 16.4 Å². The molecular weight excluding hydrogens is 238 g/mol. The maximum atomic E-state index is 3.56. The Balaban J connectivity index is 2.02. The first-order valence-corrected chi connectivity index (χ1v) is 6.07. The van der Waals surface area contributed by atoms with Gasteiger partial charge >= 0.3 is 0 Å². The molecule has 2 fully saturated rings. The lowest BCUT2D eigenvalue weighted by Crippen LogP contribution is -2.43. The van der Waals surface area contributed by atoms with Crippen molar-refractivity contribution in [2.75, 3.05) is 13.1 Å². The zero-order valence-corrected chi connectivity index (χ0v) is 9.68. The first-order valence-electron chi connectivity index (χ1n) is 5.28. The van der Waals surface area contributed by atoms with E-state index in [2.05, 4.69) is 45.5 Å². The van der Waals surface area contributed by atoms with E-state index in [1.165, 1.54) is 36.0 Å². The van der Waals surface area contributed by atoms with Crippen molar-refractivity contribution in [3.63, 3.8) is 0 Å². The number of nitrogens with one attached hydrogen (secondary N) is 1. The number of hydrogen-bond acceptors (Lipinski definition) is 1. The largest absolute Gasteiger partial charge is 0.316 e. The van der Waals surface area contributed by atoms with Crippen LogP contribution in [0.15, 0.2) is 28.7 Å². The van der Waals surface area contributed by atoms with Crippen LogP contribution in [0.4, 0.5) is 0 Å². The van der Waals surface area contributed by atoms with Crippen molar-refractivity contribution in [2.24, 2.45) is 5.92 Å². The number of rotatable bonds is 1. The second-order valence-electron chi connectivity index (χ2n) is 4.53. The molecule has 1 N–H and O–H groups in total. The van der Waals surface area contributed by atoms with E-state index < -0.39 is 0 Å². The molecule has 0 amide bonds. The van der Waals surface area contributed by atoms with Crippen molar-refractivity contribution in [2.45, 2.75) is 18.3 Å². The molecule has 1 aromatic rings. The fourth-order valence-corrected chi connectivity index (χ4v) is 3.38. The summed E-state index contributed by atoms with van der Waals surface area (Å²) in [4.78, 5) is 0. The van der Waals surface area contributed by atoms with Gasteiger partial charge in [0.2, 0.25) is 0 Å². The van der Waals surface area contributed by atoms with Gasteiger partial charge in [0.15, 0.2) is 0 Å². The minimum Gasteiger partial charge on any atom is -0.316 e. The highest BCUT2D eigenvalue weighted by molar-refractivity contribution is 9.10. The van der Waals surface area contributed by atoms with Gasteiger partial charge in [0.25, 0.3) is 0 Å². The number of halogens is 1. The lowest BCUT2D eigenvalue weighted by molar-refractivity contribution is 0.182. The van der Waals surface area contributed by atoms with Gasteiger partial charge in [0.1, 0.15) is 0 Å². The van der Waals surface area contributed by atoms with Crippen molar-refractivity contribution in [3.8, 4) is 0 Å². The van der Waals surface area contributed by atoms with E-state index >= 15 is 0 Å². The van der Waals surface area contributed by atoms with Crippen molar-refractivity contribution in [3.05, 3.63) is 34.3 Å². The SMILES string of the molecule is Brc1cccc(C23CCC2CNC3)c1. The van der Waals surface area contributed by atoms with E-state index in [-0.39, 0.29) is 0 Å². The van der Waals surface area contributed by atoms with Crippen LogP contribution in [0.25, 0.3) is 0 Å². The van der Waals surface area contributed by atoms with E-state index in [1.807, 2.05) is 0 Å². The van der Waals surface area contributed by atoms with Crippen molar-refractivity contribution >= 4 is 15.9 Å². The summed E-state index contributed by atoms with van der Waals surface area (Å²) in [6.45, 7) is 2.39. The Hall–Kier alpha value is -0.340. The first kappa shape index (κ1) is 8.93. The lowest BCUT2D eigenvalue weighted by atomic mass is 9.59. The van der Waals surface area contributed by atoms with E-state index in [0.717, 1.165) is 5.92 Å². The van der Waals surface area contributed by atoms with Crippen LogP contribution < -0.4 is 5.32 Å². The summed E-state index contributed by atoms with van der Waals surface area (Å²) in [6.07, 6.45) is 2.76. The summed E-state index contributed by atoms with van der Waals surface area (Å²) >= 11 is 3.56. The van der Waals surface area contributed by atoms with Gasteiger partial charge in [-0.2, -0.15) is 0 Å². The minimum absolute atomic E-state index is 0.476. The van der Waals surface area contributed by atoms with Gasteiger partial charge in [-0.05, 0) is 43.0 Å². The van der Waals surface area contributed by atoms with Gasteiger partial charge in [-0.15, -0.1) is 0 Å². The zero-order valence-electron chi connectivity index (χ0n) is 8.09. The van der Waals surface area contributed by atoms with Crippen molar-refractivity contribution in [1.29, 1.82) is 0 Å². The molecule has 1 aromatic carbocycles. The number of hydrogen-bond donors (Lipinski definition) is 1. The third kappa shape index (κ3) is 1.10. The minimum atomic E-state index is 0.476. The highest BCUT2D eigenvalue weighted by atomic mass is 79.9. The molecule has 0 radical (unpaired) electrons. The Kier molecular flexibility index (Phi) is 1.96. The molecule has 1 saturated carbocycles. The van der Waals surface area contributed by atoms with E-state index in [9.17, 15) is 0 Å². The summed E-state index contributed by atoms with van der Waals surface area (Å²) in [6, 6.07) is 8.83. The topological polar surface area (TPSA) is 12.0 Å². The highest BCUT2D eigenvalue weighted by Crippen LogP contribution is 2.51. The molecule has 0 aromatic heterocycles. The molecular formula is C12H14BrN. The third-order valence-electron chi connectivity index (χ3n) is 3.95. The van der Waals surface area contributed by atoms with Crippen molar-refractivity contribution < 1.29 is 0 Å². The van der Waals surface area contributed by atoms with E-state index in [1.54, 1.807) is 0 Å². The monoisotopic (exact) mass is 251 g/mol. The molecule has 1 saturated heterocycles. The third-order valence-corrected chi connectivity index (χ3v) is 4.44. The molecule has 2 heteroatoms.